The van der Waals surface area contributed by atoms with E-state index in [1.807, 2.05) is 30.9 Å². The molecule has 0 aliphatic carbocycles. The molecule has 0 unspecified atom stereocenters. The Kier molecular flexibility index (Phi) is 4.49. The van der Waals surface area contributed by atoms with Gasteiger partial charge in [0.05, 0.1) is 25.5 Å². The maximum absolute atomic E-state index is 5.36. The molecule has 0 atom stereocenters. The summed E-state index contributed by atoms with van der Waals surface area (Å²) in [4.78, 5) is 0. The van der Waals surface area contributed by atoms with Gasteiger partial charge in [0.15, 0.2) is 0 Å². The Morgan fingerprint density at radius 3 is 3.00 bits per heavy atom. The molecule has 0 spiro atoms. The molecule has 0 aromatic carbocycles. The molecule has 1 aromatic rings. The first-order valence-electron chi connectivity index (χ1n) is 4.55. The summed E-state index contributed by atoms with van der Waals surface area (Å²) in [5.41, 5.74) is 1.05. The number of hydrogen-bond acceptors (Lipinski definition) is 3. The average molecular weight is 183 g/mol. The molecule has 1 N–H and O–H groups in total. The van der Waals surface area contributed by atoms with Crippen LogP contribution in [-0.2, 0) is 11.3 Å². The third-order valence-electron chi connectivity index (χ3n) is 1.74. The lowest BCUT2D eigenvalue weighted by Gasteiger charge is -2.03. The topological polar surface area (TPSA) is 39.1 Å². The van der Waals surface area contributed by atoms with Crippen LogP contribution >= 0.6 is 0 Å². The fourth-order valence-corrected chi connectivity index (χ4v) is 1.02. The van der Waals surface area contributed by atoms with E-state index in [1.54, 1.807) is 0 Å². The second-order valence-electron chi connectivity index (χ2n) is 2.94. The van der Waals surface area contributed by atoms with Crippen LogP contribution < -0.4 is 5.32 Å². The predicted octanol–water partition coefficient (Wildman–Crippen LogP) is 0.428. The second-order valence-corrected chi connectivity index (χ2v) is 2.94. The van der Waals surface area contributed by atoms with Crippen molar-refractivity contribution in [2.24, 2.45) is 0 Å². The van der Waals surface area contributed by atoms with Crippen molar-refractivity contribution in [1.82, 2.24) is 15.1 Å². The molecule has 0 aliphatic rings. The van der Waals surface area contributed by atoms with E-state index in [0.717, 1.165) is 32.0 Å². The molecule has 4 nitrogen and oxygen atoms in total. The van der Waals surface area contributed by atoms with Gasteiger partial charge in [-0.15, -0.1) is 0 Å². The summed E-state index contributed by atoms with van der Waals surface area (Å²) in [5.74, 6) is 0. The van der Waals surface area contributed by atoms with Crippen molar-refractivity contribution in [1.29, 1.82) is 0 Å². The first kappa shape index (κ1) is 10.2. The molecule has 0 aliphatic heterocycles. The molecule has 1 heterocycles. The highest BCUT2D eigenvalue weighted by molar-refractivity contribution is 4.94. The zero-order chi connectivity index (χ0) is 9.52. The van der Waals surface area contributed by atoms with Gasteiger partial charge < -0.3 is 10.1 Å². The molecule has 4 heteroatoms. The Hall–Kier alpha value is -0.870. The zero-order valence-corrected chi connectivity index (χ0v) is 8.29. The minimum atomic E-state index is 0.725. The van der Waals surface area contributed by atoms with Gasteiger partial charge >= 0.3 is 0 Å². The van der Waals surface area contributed by atoms with Crippen molar-refractivity contribution >= 4 is 0 Å². The third kappa shape index (κ3) is 4.05. The standard InChI is InChI=1S/C9H17N3O/c1-9-3-5-12(11-9)6-8-13-7-4-10-2/h3,5,10H,4,6-8H2,1-2H3. The van der Waals surface area contributed by atoms with Crippen molar-refractivity contribution in [2.45, 2.75) is 13.5 Å². The summed E-state index contributed by atoms with van der Waals surface area (Å²) in [6.45, 7) is 5.20. The largest absolute Gasteiger partial charge is 0.378 e. The normalized spacial score (nSPS) is 10.6. The molecule has 13 heavy (non-hydrogen) atoms. The van der Waals surface area contributed by atoms with E-state index in [2.05, 4.69) is 10.4 Å². The number of hydrogen-bond donors (Lipinski definition) is 1. The molecule has 1 aromatic heterocycles. The minimum absolute atomic E-state index is 0.725. The molecular formula is C9H17N3O. The lowest BCUT2D eigenvalue weighted by atomic mass is 10.5. The van der Waals surface area contributed by atoms with Gasteiger partial charge in [0.1, 0.15) is 0 Å². The van der Waals surface area contributed by atoms with Crippen LogP contribution in [0.1, 0.15) is 5.69 Å². The number of rotatable bonds is 6. The number of aromatic nitrogens is 2. The fraction of sp³-hybridized carbons (Fsp3) is 0.667. The van der Waals surface area contributed by atoms with Crippen LogP contribution in [0.5, 0.6) is 0 Å². The first-order chi connectivity index (χ1) is 6.33. The Morgan fingerprint density at radius 1 is 1.54 bits per heavy atom. The van der Waals surface area contributed by atoms with Crippen LogP contribution in [0, 0.1) is 6.92 Å². The monoisotopic (exact) mass is 183 g/mol. The van der Waals surface area contributed by atoms with Crippen LogP contribution in [0.3, 0.4) is 0 Å². The van der Waals surface area contributed by atoms with Crippen LogP contribution in [0.15, 0.2) is 12.3 Å². The molecule has 0 fully saturated rings. The van der Waals surface area contributed by atoms with Crippen LogP contribution in [0.25, 0.3) is 0 Å². The van der Waals surface area contributed by atoms with Crippen LogP contribution in [-0.4, -0.2) is 36.6 Å². The van der Waals surface area contributed by atoms with Gasteiger partial charge in [-0.25, -0.2) is 0 Å². The summed E-state index contributed by atoms with van der Waals surface area (Å²) < 4.78 is 7.26. The average Bonchev–Trinajstić information content (AvgIpc) is 2.51. The zero-order valence-electron chi connectivity index (χ0n) is 8.29. The van der Waals surface area contributed by atoms with Crippen molar-refractivity contribution in [3.63, 3.8) is 0 Å². The van der Waals surface area contributed by atoms with Gasteiger partial charge in [0, 0.05) is 12.7 Å². The highest BCUT2D eigenvalue weighted by Gasteiger charge is 1.93. The van der Waals surface area contributed by atoms with Gasteiger partial charge in [-0.2, -0.15) is 5.10 Å². The molecule has 0 saturated heterocycles. The molecule has 0 radical (unpaired) electrons. The molecular weight excluding hydrogens is 166 g/mol. The van der Waals surface area contributed by atoms with Crippen molar-refractivity contribution in [3.8, 4) is 0 Å². The number of aryl methyl sites for hydroxylation is 1. The van der Waals surface area contributed by atoms with Crippen molar-refractivity contribution in [2.75, 3.05) is 26.8 Å². The maximum Gasteiger partial charge on any atom is 0.0663 e. The summed E-state index contributed by atoms with van der Waals surface area (Å²) in [6, 6.07) is 1.99. The summed E-state index contributed by atoms with van der Waals surface area (Å²) in [6.07, 6.45) is 1.97. The van der Waals surface area contributed by atoms with Gasteiger partial charge in [-0.3, -0.25) is 4.68 Å². The molecule has 0 bridgehead atoms. The first-order valence-corrected chi connectivity index (χ1v) is 4.55. The van der Waals surface area contributed by atoms with E-state index in [-0.39, 0.29) is 0 Å². The van der Waals surface area contributed by atoms with Gasteiger partial charge in [-0.1, -0.05) is 0 Å². The minimum Gasteiger partial charge on any atom is -0.378 e. The summed E-state index contributed by atoms with van der Waals surface area (Å²) in [7, 11) is 1.92. The van der Waals surface area contributed by atoms with Crippen molar-refractivity contribution in [3.05, 3.63) is 18.0 Å². The second kappa shape index (κ2) is 5.72. The molecule has 74 valence electrons. The smallest absolute Gasteiger partial charge is 0.0663 e. The lowest BCUT2D eigenvalue weighted by molar-refractivity contribution is 0.126. The van der Waals surface area contributed by atoms with Crippen LogP contribution in [0.4, 0.5) is 0 Å². The van der Waals surface area contributed by atoms with E-state index in [9.17, 15) is 0 Å². The van der Waals surface area contributed by atoms with Gasteiger partial charge in [0.2, 0.25) is 0 Å². The van der Waals surface area contributed by atoms with E-state index >= 15 is 0 Å². The number of nitrogens with one attached hydrogen (secondary N) is 1. The van der Waals surface area contributed by atoms with Crippen LogP contribution in [0.2, 0.25) is 0 Å². The van der Waals surface area contributed by atoms with Crippen molar-refractivity contribution < 1.29 is 4.74 Å². The molecule has 0 saturated carbocycles. The van der Waals surface area contributed by atoms with E-state index in [0.29, 0.717) is 0 Å². The summed E-state index contributed by atoms with van der Waals surface area (Å²) in [5, 5.41) is 7.27. The SMILES string of the molecule is CNCCOCCn1ccc(C)n1. The quantitative estimate of drug-likeness (QED) is 0.650. The Bertz CT molecular complexity index is 235. The van der Waals surface area contributed by atoms with Gasteiger partial charge in [-0.05, 0) is 20.0 Å². The lowest BCUT2D eigenvalue weighted by Crippen LogP contribution is -2.16. The predicted molar refractivity (Wildman–Crippen MR) is 51.7 cm³/mol. The maximum atomic E-state index is 5.36. The fourth-order valence-electron chi connectivity index (χ4n) is 1.02. The Balaban J connectivity index is 2.06. The Labute approximate surface area is 78.9 Å². The number of ether oxygens (including phenoxy) is 1. The highest BCUT2D eigenvalue weighted by atomic mass is 16.5. The molecule has 1 rings (SSSR count). The number of likely N-dealkylation sites (N-methyl/N-ethyl adjacent to an activating group) is 1. The van der Waals surface area contributed by atoms with E-state index < -0.39 is 0 Å². The third-order valence-corrected chi connectivity index (χ3v) is 1.74. The molecule has 0 amide bonds. The summed E-state index contributed by atoms with van der Waals surface area (Å²) >= 11 is 0. The van der Waals surface area contributed by atoms with E-state index in [4.69, 9.17) is 4.74 Å². The number of nitrogens with zero attached hydrogens (tertiary/aromatic N) is 2. The van der Waals surface area contributed by atoms with Gasteiger partial charge in [0.25, 0.3) is 0 Å². The highest BCUT2D eigenvalue weighted by Crippen LogP contribution is 1.92. The Morgan fingerprint density at radius 2 is 2.38 bits per heavy atom. The van der Waals surface area contributed by atoms with E-state index in [1.165, 1.54) is 0 Å².